The van der Waals surface area contributed by atoms with Gasteiger partial charge in [0, 0.05) is 6.07 Å². The number of benzene rings is 1. The highest BCUT2D eigenvalue weighted by molar-refractivity contribution is 5.19. The van der Waals surface area contributed by atoms with Crippen molar-refractivity contribution in [2.75, 3.05) is 0 Å². The fourth-order valence-electron chi connectivity index (χ4n) is 0.735. The third-order valence-electron chi connectivity index (χ3n) is 1.26. The van der Waals surface area contributed by atoms with E-state index in [0.29, 0.717) is 0 Å². The van der Waals surface area contributed by atoms with E-state index in [1.54, 1.807) is 0 Å². The van der Waals surface area contributed by atoms with Gasteiger partial charge in [0.2, 0.25) is 6.54 Å². The van der Waals surface area contributed by atoms with E-state index >= 15 is 0 Å². The van der Waals surface area contributed by atoms with Gasteiger partial charge in [-0.2, -0.15) is 0 Å². The van der Waals surface area contributed by atoms with Crippen LogP contribution in [-0.4, -0.2) is 0 Å². The molecule has 1 nitrogen and oxygen atoms in total. The Balaban J connectivity index is 3.01. The smallest absolute Gasteiger partial charge is 0.242 e. The van der Waals surface area contributed by atoms with Crippen LogP contribution in [0, 0.1) is 18.2 Å². The summed E-state index contributed by atoms with van der Waals surface area (Å²) in [5, 5.41) is 0. The van der Waals surface area contributed by atoms with Gasteiger partial charge in [0.05, 0.1) is 5.56 Å². The first kappa shape index (κ1) is 7.67. The molecule has 0 spiro atoms. The normalized spacial score (nSPS) is 9.18. The molecule has 0 radical (unpaired) electrons. The summed E-state index contributed by atoms with van der Waals surface area (Å²) in [5.74, 6) is -1.27. The standard InChI is InChI=1S/C8H5F2N/c1-11-5-6-2-3-7(9)4-8(6)10/h2-4H,5H2. The Morgan fingerprint density at radius 3 is 2.64 bits per heavy atom. The number of nitrogens with zero attached hydrogens (tertiary/aromatic N) is 1. The van der Waals surface area contributed by atoms with Crippen LogP contribution in [0.5, 0.6) is 0 Å². The average molecular weight is 153 g/mol. The molecule has 0 heterocycles. The maximum absolute atomic E-state index is 12.7. The van der Waals surface area contributed by atoms with Crippen molar-refractivity contribution >= 4 is 0 Å². The minimum absolute atomic E-state index is 0.0356. The number of halogens is 2. The fourth-order valence-corrected chi connectivity index (χ4v) is 0.735. The van der Waals surface area contributed by atoms with Crippen molar-refractivity contribution in [1.82, 2.24) is 0 Å². The molecule has 0 saturated carbocycles. The van der Waals surface area contributed by atoms with Crippen molar-refractivity contribution in [3.63, 3.8) is 0 Å². The summed E-state index contributed by atoms with van der Waals surface area (Å²) in [6.45, 7) is 6.42. The maximum atomic E-state index is 12.7. The van der Waals surface area contributed by atoms with Gasteiger partial charge in [-0.05, 0) is 12.1 Å². The molecule has 0 atom stereocenters. The second-order valence-electron chi connectivity index (χ2n) is 2.05. The number of hydrogen-bond donors (Lipinski definition) is 0. The van der Waals surface area contributed by atoms with Crippen LogP contribution in [0.4, 0.5) is 8.78 Å². The van der Waals surface area contributed by atoms with Crippen molar-refractivity contribution in [2.24, 2.45) is 0 Å². The molecule has 1 rings (SSSR count). The highest BCUT2D eigenvalue weighted by Crippen LogP contribution is 2.09. The summed E-state index contributed by atoms with van der Waals surface area (Å²) in [5.41, 5.74) is 0.237. The van der Waals surface area contributed by atoms with Crippen molar-refractivity contribution in [3.05, 3.63) is 46.8 Å². The summed E-state index contributed by atoms with van der Waals surface area (Å²) in [6, 6.07) is 3.20. The molecule has 56 valence electrons. The largest absolute Gasteiger partial charge is 0.312 e. The molecule has 1 aromatic rings. The third kappa shape index (κ3) is 1.74. The molecule has 0 N–H and O–H groups in total. The number of hydrogen-bond acceptors (Lipinski definition) is 0. The van der Waals surface area contributed by atoms with Gasteiger partial charge < -0.3 is 4.85 Å². The molecule has 0 aliphatic rings. The predicted octanol–water partition coefficient (Wildman–Crippen LogP) is 2.38. The van der Waals surface area contributed by atoms with E-state index in [1.807, 2.05) is 0 Å². The molecule has 3 heteroatoms. The Bertz CT molecular complexity index is 301. The zero-order valence-electron chi connectivity index (χ0n) is 5.64. The first-order valence-electron chi connectivity index (χ1n) is 3.01. The van der Waals surface area contributed by atoms with Crippen LogP contribution in [0.25, 0.3) is 4.85 Å². The lowest BCUT2D eigenvalue weighted by atomic mass is 10.2. The lowest BCUT2D eigenvalue weighted by molar-refractivity contribution is 0.575. The second-order valence-corrected chi connectivity index (χ2v) is 2.05. The summed E-state index contributed by atoms with van der Waals surface area (Å²) in [6.07, 6.45) is 0. The third-order valence-corrected chi connectivity index (χ3v) is 1.26. The zero-order chi connectivity index (χ0) is 8.27. The van der Waals surface area contributed by atoms with Crippen LogP contribution in [0.2, 0.25) is 0 Å². The van der Waals surface area contributed by atoms with Gasteiger partial charge in [-0.15, -0.1) is 0 Å². The minimum atomic E-state index is -0.652. The van der Waals surface area contributed by atoms with E-state index in [4.69, 9.17) is 6.57 Å². The molecule has 0 saturated heterocycles. The van der Waals surface area contributed by atoms with Crippen LogP contribution >= 0.6 is 0 Å². The summed E-state index contributed by atoms with van der Waals surface area (Å²) in [7, 11) is 0. The van der Waals surface area contributed by atoms with E-state index in [1.165, 1.54) is 6.07 Å². The van der Waals surface area contributed by atoms with Crippen molar-refractivity contribution in [3.8, 4) is 0 Å². The zero-order valence-corrected chi connectivity index (χ0v) is 5.64. The van der Waals surface area contributed by atoms with Crippen LogP contribution < -0.4 is 0 Å². The molecular weight excluding hydrogens is 148 g/mol. The molecule has 0 unspecified atom stereocenters. The molecule has 0 aliphatic heterocycles. The second kappa shape index (κ2) is 3.11. The number of rotatable bonds is 1. The van der Waals surface area contributed by atoms with Gasteiger partial charge in [0.25, 0.3) is 0 Å². The van der Waals surface area contributed by atoms with Gasteiger partial charge in [0.15, 0.2) is 0 Å². The van der Waals surface area contributed by atoms with Crippen molar-refractivity contribution in [1.29, 1.82) is 0 Å². The topological polar surface area (TPSA) is 4.36 Å². The van der Waals surface area contributed by atoms with E-state index in [9.17, 15) is 8.78 Å². The van der Waals surface area contributed by atoms with E-state index in [0.717, 1.165) is 12.1 Å². The molecule has 11 heavy (non-hydrogen) atoms. The van der Waals surface area contributed by atoms with Gasteiger partial charge in [-0.1, -0.05) is 0 Å². The molecule has 0 fully saturated rings. The van der Waals surface area contributed by atoms with Gasteiger partial charge in [-0.3, -0.25) is 0 Å². The SMILES string of the molecule is [C-]#[N+]Cc1ccc(F)cc1F. The van der Waals surface area contributed by atoms with Crippen LogP contribution in [0.15, 0.2) is 18.2 Å². The van der Waals surface area contributed by atoms with E-state index in [-0.39, 0.29) is 12.1 Å². The quantitative estimate of drug-likeness (QED) is 0.545. The summed E-state index contributed by atoms with van der Waals surface area (Å²) in [4.78, 5) is 2.98. The first-order chi connectivity index (χ1) is 5.24. The molecule has 0 bridgehead atoms. The van der Waals surface area contributed by atoms with Gasteiger partial charge >= 0.3 is 0 Å². The minimum Gasteiger partial charge on any atom is -0.312 e. The highest BCUT2D eigenvalue weighted by Gasteiger charge is 2.04. The van der Waals surface area contributed by atoms with E-state index in [2.05, 4.69) is 4.85 Å². The molecule has 0 aromatic heterocycles. The Kier molecular flexibility index (Phi) is 2.17. The van der Waals surface area contributed by atoms with Crippen LogP contribution in [-0.2, 0) is 6.54 Å². The lowest BCUT2D eigenvalue weighted by Gasteiger charge is -1.93. The van der Waals surface area contributed by atoms with Crippen LogP contribution in [0.3, 0.4) is 0 Å². The molecule has 1 aromatic carbocycles. The Labute approximate surface area is 63.1 Å². The monoisotopic (exact) mass is 153 g/mol. The van der Waals surface area contributed by atoms with Crippen molar-refractivity contribution in [2.45, 2.75) is 6.54 Å². The predicted molar refractivity (Wildman–Crippen MR) is 36.7 cm³/mol. The molecule has 0 amide bonds. The van der Waals surface area contributed by atoms with Gasteiger partial charge in [-0.25, -0.2) is 15.4 Å². The Morgan fingerprint density at radius 1 is 1.36 bits per heavy atom. The van der Waals surface area contributed by atoms with Gasteiger partial charge in [0.1, 0.15) is 11.6 Å². The Hall–Kier alpha value is -1.43. The summed E-state index contributed by atoms with van der Waals surface area (Å²) >= 11 is 0. The Morgan fingerprint density at radius 2 is 2.09 bits per heavy atom. The summed E-state index contributed by atoms with van der Waals surface area (Å²) < 4.78 is 24.9. The first-order valence-corrected chi connectivity index (χ1v) is 3.01. The molecule has 0 aliphatic carbocycles. The van der Waals surface area contributed by atoms with E-state index < -0.39 is 11.6 Å². The average Bonchev–Trinajstić information content (AvgIpc) is 1.95. The maximum Gasteiger partial charge on any atom is 0.242 e. The fraction of sp³-hybridized carbons (Fsp3) is 0.125. The lowest BCUT2D eigenvalue weighted by Crippen LogP contribution is -1.87. The van der Waals surface area contributed by atoms with Crippen molar-refractivity contribution < 1.29 is 8.78 Å². The van der Waals surface area contributed by atoms with Crippen LogP contribution in [0.1, 0.15) is 5.56 Å². The highest BCUT2D eigenvalue weighted by atomic mass is 19.1. The molecular formula is C8H5F2N.